The van der Waals surface area contributed by atoms with Gasteiger partial charge in [0.05, 0.1) is 12.2 Å². The molecule has 0 heterocycles. The molecular weight excluding hydrogens is 240 g/mol. The van der Waals surface area contributed by atoms with E-state index >= 15 is 0 Å². The van der Waals surface area contributed by atoms with Crippen molar-refractivity contribution in [2.24, 2.45) is 0 Å². The zero-order chi connectivity index (χ0) is 12.3. The van der Waals surface area contributed by atoms with E-state index in [4.69, 9.17) is 16.3 Å². The maximum absolute atomic E-state index is 10.2. The summed E-state index contributed by atoms with van der Waals surface area (Å²) in [6.07, 6.45) is 3.65. The van der Waals surface area contributed by atoms with Crippen LogP contribution in [0.3, 0.4) is 0 Å². The van der Waals surface area contributed by atoms with E-state index in [9.17, 15) is 10.2 Å². The fraction of sp³-hybridized carbons (Fsp3) is 0.538. The SMILES string of the molecule is OCc1c(Cl)cccc1OCC1(O)CCCC1. The number of hydrogen-bond donors (Lipinski definition) is 2. The smallest absolute Gasteiger partial charge is 0.126 e. The van der Waals surface area contributed by atoms with Gasteiger partial charge in [-0.25, -0.2) is 0 Å². The monoisotopic (exact) mass is 256 g/mol. The zero-order valence-electron chi connectivity index (χ0n) is 9.66. The van der Waals surface area contributed by atoms with Gasteiger partial charge in [0.25, 0.3) is 0 Å². The summed E-state index contributed by atoms with van der Waals surface area (Å²) in [6, 6.07) is 5.25. The third-order valence-corrected chi connectivity index (χ3v) is 3.62. The molecule has 0 aliphatic heterocycles. The van der Waals surface area contributed by atoms with Crippen LogP contribution < -0.4 is 4.74 Å². The molecule has 1 aliphatic rings. The molecule has 3 nitrogen and oxygen atoms in total. The van der Waals surface area contributed by atoms with Crippen LogP contribution in [0.5, 0.6) is 5.75 Å². The van der Waals surface area contributed by atoms with Crippen LogP contribution in [0.1, 0.15) is 31.2 Å². The maximum atomic E-state index is 10.2. The highest BCUT2D eigenvalue weighted by molar-refractivity contribution is 6.31. The van der Waals surface area contributed by atoms with Crippen LogP contribution in [-0.2, 0) is 6.61 Å². The van der Waals surface area contributed by atoms with Gasteiger partial charge in [-0.1, -0.05) is 30.5 Å². The Bertz CT molecular complexity index is 386. The largest absolute Gasteiger partial charge is 0.490 e. The molecule has 0 radical (unpaired) electrons. The second kappa shape index (κ2) is 5.25. The normalized spacial score (nSPS) is 18.3. The maximum Gasteiger partial charge on any atom is 0.126 e. The summed E-state index contributed by atoms with van der Waals surface area (Å²) in [5.41, 5.74) is -0.134. The van der Waals surface area contributed by atoms with Gasteiger partial charge in [0.2, 0.25) is 0 Å². The van der Waals surface area contributed by atoms with Crippen molar-refractivity contribution in [1.82, 2.24) is 0 Å². The van der Waals surface area contributed by atoms with Gasteiger partial charge in [-0.05, 0) is 25.0 Å². The Labute approximate surface area is 106 Å². The van der Waals surface area contributed by atoms with Crippen LogP contribution in [-0.4, -0.2) is 22.4 Å². The van der Waals surface area contributed by atoms with Crippen LogP contribution in [0.15, 0.2) is 18.2 Å². The highest BCUT2D eigenvalue weighted by Crippen LogP contribution is 2.32. The molecule has 1 aliphatic carbocycles. The summed E-state index contributed by atoms with van der Waals surface area (Å²) in [5, 5.41) is 19.9. The first-order chi connectivity index (χ1) is 8.14. The molecule has 0 atom stereocenters. The molecule has 0 saturated heterocycles. The van der Waals surface area contributed by atoms with E-state index in [0.29, 0.717) is 16.3 Å². The van der Waals surface area contributed by atoms with E-state index in [0.717, 1.165) is 25.7 Å². The van der Waals surface area contributed by atoms with Gasteiger partial charge >= 0.3 is 0 Å². The third-order valence-electron chi connectivity index (χ3n) is 3.26. The molecule has 0 unspecified atom stereocenters. The average molecular weight is 257 g/mol. The fourth-order valence-electron chi connectivity index (χ4n) is 2.22. The number of aliphatic hydroxyl groups excluding tert-OH is 1. The minimum Gasteiger partial charge on any atom is -0.490 e. The molecule has 0 spiro atoms. The van der Waals surface area contributed by atoms with Crippen molar-refractivity contribution in [3.8, 4) is 5.75 Å². The molecule has 4 heteroatoms. The lowest BCUT2D eigenvalue weighted by Crippen LogP contribution is -2.32. The van der Waals surface area contributed by atoms with Gasteiger partial charge in [0.1, 0.15) is 12.4 Å². The highest BCUT2D eigenvalue weighted by atomic mass is 35.5. The van der Waals surface area contributed by atoms with E-state index in [2.05, 4.69) is 0 Å². The second-order valence-corrected chi connectivity index (χ2v) is 5.00. The quantitative estimate of drug-likeness (QED) is 0.870. The third kappa shape index (κ3) is 2.92. The molecular formula is C13H17ClO3. The number of ether oxygens (including phenoxy) is 1. The molecule has 17 heavy (non-hydrogen) atoms. The molecule has 2 rings (SSSR count). The summed E-state index contributed by atoms with van der Waals surface area (Å²) < 4.78 is 5.60. The number of rotatable bonds is 4. The van der Waals surface area contributed by atoms with E-state index in [1.54, 1.807) is 18.2 Å². The van der Waals surface area contributed by atoms with Gasteiger partial charge in [-0.2, -0.15) is 0 Å². The first-order valence-electron chi connectivity index (χ1n) is 5.88. The lowest BCUT2D eigenvalue weighted by Gasteiger charge is -2.23. The van der Waals surface area contributed by atoms with Crippen molar-refractivity contribution in [2.45, 2.75) is 37.9 Å². The Hall–Kier alpha value is -0.770. The molecule has 1 aromatic carbocycles. The van der Waals surface area contributed by atoms with Gasteiger partial charge in [0, 0.05) is 10.6 Å². The summed E-state index contributed by atoms with van der Waals surface area (Å²) in [6.45, 7) is 0.105. The van der Waals surface area contributed by atoms with Crippen LogP contribution >= 0.6 is 11.6 Å². The minimum absolute atomic E-state index is 0.159. The van der Waals surface area contributed by atoms with Crippen molar-refractivity contribution < 1.29 is 14.9 Å². The van der Waals surface area contributed by atoms with Crippen LogP contribution in [0.4, 0.5) is 0 Å². The topological polar surface area (TPSA) is 49.7 Å². The Morgan fingerprint density at radius 1 is 1.29 bits per heavy atom. The van der Waals surface area contributed by atoms with Crippen molar-refractivity contribution in [1.29, 1.82) is 0 Å². The minimum atomic E-state index is -0.713. The predicted molar refractivity (Wildman–Crippen MR) is 66.3 cm³/mol. The standard InChI is InChI=1S/C13H17ClO3/c14-11-4-3-5-12(10(11)8-15)17-9-13(16)6-1-2-7-13/h3-5,15-16H,1-2,6-9H2. The summed E-state index contributed by atoms with van der Waals surface area (Å²) in [4.78, 5) is 0. The first kappa shape index (κ1) is 12.7. The van der Waals surface area contributed by atoms with E-state index < -0.39 is 5.60 Å². The fourth-order valence-corrected chi connectivity index (χ4v) is 2.44. The number of benzene rings is 1. The highest BCUT2D eigenvalue weighted by Gasteiger charge is 2.32. The number of hydrogen-bond acceptors (Lipinski definition) is 3. The van der Waals surface area contributed by atoms with E-state index in [1.165, 1.54) is 0 Å². The van der Waals surface area contributed by atoms with Gasteiger partial charge in [-0.15, -0.1) is 0 Å². The molecule has 2 N–H and O–H groups in total. The molecule has 94 valence electrons. The predicted octanol–water partition coefficient (Wildman–Crippen LogP) is 2.52. The van der Waals surface area contributed by atoms with Crippen LogP contribution in [0.2, 0.25) is 5.02 Å². The zero-order valence-corrected chi connectivity index (χ0v) is 10.4. The van der Waals surface area contributed by atoms with Crippen molar-refractivity contribution in [2.75, 3.05) is 6.61 Å². The molecule has 0 amide bonds. The molecule has 0 bridgehead atoms. The van der Waals surface area contributed by atoms with Crippen molar-refractivity contribution in [3.63, 3.8) is 0 Å². The van der Waals surface area contributed by atoms with E-state index in [-0.39, 0.29) is 13.2 Å². The molecule has 0 aromatic heterocycles. The lowest BCUT2D eigenvalue weighted by molar-refractivity contribution is 0.000822. The first-order valence-corrected chi connectivity index (χ1v) is 6.26. The summed E-state index contributed by atoms with van der Waals surface area (Å²) >= 11 is 5.96. The second-order valence-electron chi connectivity index (χ2n) is 4.59. The van der Waals surface area contributed by atoms with Crippen LogP contribution in [0, 0.1) is 0 Å². The van der Waals surface area contributed by atoms with E-state index in [1.807, 2.05) is 0 Å². The number of aliphatic hydroxyl groups is 2. The molecule has 1 saturated carbocycles. The molecule has 1 aromatic rings. The van der Waals surface area contributed by atoms with Crippen molar-refractivity contribution in [3.05, 3.63) is 28.8 Å². The van der Waals surface area contributed by atoms with Crippen LogP contribution in [0.25, 0.3) is 0 Å². The summed E-state index contributed by atoms with van der Waals surface area (Å²) in [7, 11) is 0. The number of halogens is 1. The van der Waals surface area contributed by atoms with Gasteiger partial charge in [0.15, 0.2) is 0 Å². The summed E-state index contributed by atoms with van der Waals surface area (Å²) in [5.74, 6) is 0.556. The Morgan fingerprint density at radius 3 is 2.65 bits per heavy atom. The Balaban J connectivity index is 2.06. The molecule has 1 fully saturated rings. The van der Waals surface area contributed by atoms with Gasteiger partial charge < -0.3 is 14.9 Å². The Kier molecular flexibility index (Phi) is 3.92. The Morgan fingerprint density at radius 2 is 2.00 bits per heavy atom. The lowest BCUT2D eigenvalue weighted by atomic mass is 10.0. The van der Waals surface area contributed by atoms with Crippen molar-refractivity contribution >= 4 is 11.6 Å². The van der Waals surface area contributed by atoms with Gasteiger partial charge in [-0.3, -0.25) is 0 Å². The average Bonchev–Trinajstić information content (AvgIpc) is 2.74.